The number of nitrogens with one attached hydrogen (secondary N) is 1. The Morgan fingerprint density at radius 1 is 1.25 bits per heavy atom. The third-order valence-electron chi connectivity index (χ3n) is 3.49. The molecule has 0 spiro atoms. The van der Waals surface area contributed by atoms with Gasteiger partial charge in [0.15, 0.2) is 0 Å². The summed E-state index contributed by atoms with van der Waals surface area (Å²) in [6.45, 7) is 0.218. The zero-order chi connectivity index (χ0) is 20.3. The van der Waals surface area contributed by atoms with Crippen LogP contribution in [0.15, 0.2) is 51.8 Å². The fourth-order valence-electron chi connectivity index (χ4n) is 2.15. The number of amides is 1. The first-order chi connectivity index (χ1) is 13.3. The molecule has 1 amide bonds. The Kier molecular flexibility index (Phi) is 6.40. The van der Waals surface area contributed by atoms with E-state index in [1.807, 2.05) is 0 Å². The number of nitro groups is 1. The summed E-state index contributed by atoms with van der Waals surface area (Å²) >= 11 is 14.2. The Hall–Kier alpha value is -2.33. The van der Waals surface area contributed by atoms with Crippen molar-refractivity contribution >= 4 is 57.9 Å². The minimum absolute atomic E-state index is 0.124. The number of benzene rings is 1. The Balaban J connectivity index is 1.80. The van der Waals surface area contributed by atoms with Crippen LogP contribution in [0.25, 0.3) is 0 Å². The number of rotatable bonds is 6. The largest absolute Gasteiger partial charge is 0.508 e. The van der Waals surface area contributed by atoms with E-state index in [2.05, 4.69) is 10.3 Å². The summed E-state index contributed by atoms with van der Waals surface area (Å²) in [7, 11) is 0. The molecule has 0 saturated heterocycles. The van der Waals surface area contributed by atoms with Crippen LogP contribution < -0.4 is 5.32 Å². The molecule has 7 nitrogen and oxygen atoms in total. The van der Waals surface area contributed by atoms with E-state index in [1.165, 1.54) is 30.6 Å². The second-order valence-corrected chi connectivity index (χ2v) is 8.57. The normalized spacial score (nSPS) is 10.6. The summed E-state index contributed by atoms with van der Waals surface area (Å²) < 4.78 is 0.287. The molecule has 1 aromatic carbocycles. The van der Waals surface area contributed by atoms with Crippen LogP contribution in [0.4, 0.5) is 5.69 Å². The van der Waals surface area contributed by atoms with Crippen LogP contribution in [0.3, 0.4) is 0 Å². The van der Waals surface area contributed by atoms with Crippen molar-refractivity contribution in [1.29, 1.82) is 0 Å². The van der Waals surface area contributed by atoms with Crippen molar-refractivity contribution in [2.24, 2.45) is 0 Å². The molecule has 3 aromatic rings. The van der Waals surface area contributed by atoms with Gasteiger partial charge in [0.05, 0.1) is 19.9 Å². The minimum Gasteiger partial charge on any atom is -0.508 e. The molecule has 2 heterocycles. The fraction of sp³-hybridized carbons (Fsp3) is 0.0588. The second kappa shape index (κ2) is 8.78. The maximum atomic E-state index is 12.4. The van der Waals surface area contributed by atoms with Crippen molar-refractivity contribution in [2.45, 2.75) is 15.6 Å². The highest BCUT2D eigenvalue weighted by Gasteiger charge is 2.24. The number of nitrogens with zero attached hydrogens (tertiary/aromatic N) is 2. The predicted octanol–water partition coefficient (Wildman–Crippen LogP) is 5.14. The molecular weight excluding hydrogens is 445 g/mol. The summed E-state index contributed by atoms with van der Waals surface area (Å²) in [4.78, 5) is 27.7. The maximum absolute atomic E-state index is 12.4. The number of carbonyl (C=O) groups is 1. The molecule has 0 aliphatic rings. The number of carbonyl (C=O) groups excluding carboxylic acids is 1. The average Bonchev–Trinajstić information content (AvgIpc) is 3.08. The van der Waals surface area contributed by atoms with Gasteiger partial charge in [-0.2, -0.15) is 0 Å². The minimum atomic E-state index is -0.557. The van der Waals surface area contributed by atoms with E-state index in [-0.39, 0.29) is 37.1 Å². The molecule has 28 heavy (non-hydrogen) atoms. The Labute approximate surface area is 177 Å². The number of hydrogen-bond donors (Lipinski definition) is 2. The molecule has 2 aromatic heterocycles. The van der Waals surface area contributed by atoms with Crippen LogP contribution in [-0.4, -0.2) is 20.9 Å². The van der Waals surface area contributed by atoms with Crippen LogP contribution in [-0.2, 0) is 6.54 Å². The summed E-state index contributed by atoms with van der Waals surface area (Å²) in [6, 6.07) is 7.58. The number of hydrogen-bond acceptors (Lipinski definition) is 7. The summed E-state index contributed by atoms with van der Waals surface area (Å²) in [6.07, 6.45) is 2.78. The first-order valence-electron chi connectivity index (χ1n) is 7.66. The van der Waals surface area contributed by atoms with Crippen molar-refractivity contribution in [3.05, 3.63) is 73.3 Å². The Morgan fingerprint density at radius 3 is 2.50 bits per heavy atom. The first-order valence-corrected chi connectivity index (χ1v) is 10.0. The lowest BCUT2D eigenvalue weighted by molar-refractivity contribution is -0.387. The highest BCUT2D eigenvalue weighted by atomic mass is 35.5. The number of phenols is 1. The van der Waals surface area contributed by atoms with Gasteiger partial charge in [-0.25, -0.2) is 0 Å². The Bertz CT molecular complexity index is 1020. The van der Waals surface area contributed by atoms with Gasteiger partial charge in [0.2, 0.25) is 0 Å². The second-order valence-electron chi connectivity index (χ2n) is 5.42. The third-order valence-corrected chi connectivity index (χ3v) is 6.75. The molecule has 0 radical (unpaired) electrons. The Morgan fingerprint density at radius 2 is 1.89 bits per heavy atom. The summed E-state index contributed by atoms with van der Waals surface area (Å²) in [5.41, 5.74) is 0.580. The molecule has 0 unspecified atom stereocenters. The monoisotopic (exact) mass is 455 g/mol. The number of halogens is 2. The maximum Gasteiger partial charge on any atom is 0.294 e. The number of pyridine rings is 1. The van der Waals surface area contributed by atoms with Crippen LogP contribution in [0.1, 0.15) is 15.2 Å². The number of phenolic OH excluding ortho intramolecular Hbond substituents is 1. The molecular formula is C17H11Cl2N3O4S2. The molecule has 0 aliphatic heterocycles. The molecule has 2 N–H and O–H groups in total. The topological polar surface area (TPSA) is 105 Å². The molecule has 0 atom stereocenters. The first kappa shape index (κ1) is 20.4. The molecule has 11 heteroatoms. The number of thiophene rings is 1. The van der Waals surface area contributed by atoms with Gasteiger partial charge in [-0.1, -0.05) is 47.1 Å². The van der Waals surface area contributed by atoms with E-state index in [4.69, 9.17) is 23.2 Å². The quantitative estimate of drug-likeness (QED) is 0.393. The molecule has 3 rings (SSSR count). The van der Waals surface area contributed by atoms with E-state index >= 15 is 0 Å². The van der Waals surface area contributed by atoms with E-state index in [0.29, 0.717) is 4.90 Å². The lowest BCUT2D eigenvalue weighted by atomic mass is 10.2. The highest BCUT2D eigenvalue weighted by molar-refractivity contribution is 8.01. The molecule has 0 bridgehead atoms. The summed E-state index contributed by atoms with van der Waals surface area (Å²) in [5, 5.41) is 23.9. The lowest BCUT2D eigenvalue weighted by Crippen LogP contribution is -2.21. The van der Waals surface area contributed by atoms with Gasteiger partial charge in [-0.15, -0.1) is 11.3 Å². The number of aromatic hydroxyl groups is 1. The van der Waals surface area contributed by atoms with Crippen LogP contribution in [0.2, 0.25) is 10.0 Å². The van der Waals surface area contributed by atoms with Crippen LogP contribution in [0.5, 0.6) is 5.75 Å². The number of aromatic nitrogens is 1. The molecule has 0 aliphatic carbocycles. The van der Waals surface area contributed by atoms with Crippen LogP contribution in [0, 0.1) is 10.1 Å². The SMILES string of the molecule is O=C(NCc1ccc(O)cc1)c1cc([N+](=O)[O-])c(Sc2c(Cl)cncc2Cl)s1. The van der Waals surface area contributed by atoms with E-state index in [1.54, 1.807) is 12.1 Å². The van der Waals surface area contributed by atoms with Crippen molar-refractivity contribution in [1.82, 2.24) is 10.3 Å². The van der Waals surface area contributed by atoms with Gasteiger partial charge in [0.1, 0.15) is 14.8 Å². The zero-order valence-corrected chi connectivity index (χ0v) is 17.0. The molecule has 0 fully saturated rings. The lowest BCUT2D eigenvalue weighted by Gasteiger charge is -2.04. The van der Waals surface area contributed by atoms with E-state index in [0.717, 1.165) is 28.7 Å². The average molecular weight is 456 g/mol. The molecule has 144 valence electrons. The van der Waals surface area contributed by atoms with E-state index in [9.17, 15) is 20.0 Å². The predicted molar refractivity (Wildman–Crippen MR) is 109 cm³/mol. The van der Waals surface area contributed by atoms with Gasteiger partial charge in [0.25, 0.3) is 11.6 Å². The summed E-state index contributed by atoms with van der Waals surface area (Å²) in [5.74, 6) is -0.320. The van der Waals surface area contributed by atoms with Gasteiger partial charge >= 0.3 is 0 Å². The van der Waals surface area contributed by atoms with Crippen molar-refractivity contribution in [3.8, 4) is 5.75 Å². The van der Waals surface area contributed by atoms with E-state index < -0.39 is 10.8 Å². The van der Waals surface area contributed by atoms with Gasteiger partial charge in [0, 0.05) is 25.0 Å². The standard InChI is InChI=1S/C17H11Cl2N3O4S2/c18-11-7-20-8-12(19)15(11)28-17-13(22(25)26)5-14(27-17)16(24)21-6-9-1-3-10(23)4-2-9/h1-5,7-8,23H,6H2,(H,21,24). The van der Waals surface area contributed by atoms with Crippen molar-refractivity contribution in [2.75, 3.05) is 0 Å². The van der Waals surface area contributed by atoms with Crippen LogP contribution >= 0.6 is 46.3 Å². The van der Waals surface area contributed by atoms with Gasteiger partial charge < -0.3 is 10.4 Å². The zero-order valence-electron chi connectivity index (χ0n) is 13.9. The van der Waals surface area contributed by atoms with Crippen molar-refractivity contribution in [3.63, 3.8) is 0 Å². The van der Waals surface area contributed by atoms with Gasteiger partial charge in [-0.05, 0) is 17.7 Å². The van der Waals surface area contributed by atoms with Crippen molar-refractivity contribution < 1.29 is 14.8 Å². The fourth-order valence-corrected chi connectivity index (χ4v) is 4.93. The third kappa shape index (κ3) is 4.74. The molecule has 0 saturated carbocycles. The van der Waals surface area contributed by atoms with Gasteiger partial charge in [-0.3, -0.25) is 19.9 Å². The highest BCUT2D eigenvalue weighted by Crippen LogP contribution is 2.45. The smallest absolute Gasteiger partial charge is 0.294 e.